The van der Waals surface area contributed by atoms with Crippen LogP contribution in [0.2, 0.25) is 0 Å². The van der Waals surface area contributed by atoms with Crippen LogP contribution in [-0.2, 0) is 0 Å². The Hall–Kier alpha value is -1.84. The second-order valence-corrected chi connectivity index (χ2v) is 8.13. The van der Waals surface area contributed by atoms with Gasteiger partial charge in [-0.05, 0) is 51.7 Å². The molecule has 1 aliphatic heterocycles. The number of hydrogen-bond acceptors (Lipinski definition) is 6. The van der Waals surface area contributed by atoms with E-state index in [1.54, 1.807) is 24.4 Å². The van der Waals surface area contributed by atoms with E-state index in [1.807, 2.05) is 32.0 Å². The molecule has 2 aromatic rings. The molecule has 1 saturated heterocycles. The van der Waals surface area contributed by atoms with Crippen LogP contribution in [0.4, 0.5) is 10.1 Å². The zero-order valence-electron chi connectivity index (χ0n) is 20.7. The van der Waals surface area contributed by atoms with Crippen LogP contribution >= 0.6 is 37.2 Å². The summed E-state index contributed by atoms with van der Waals surface area (Å²) in [6, 6.07) is 7.29. The lowest BCUT2D eigenvalue weighted by Gasteiger charge is -2.38. The summed E-state index contributed by atoms with van der Waals surface area (Å²) in [6.45, 7) is 7.80. The highest BCUT2D eigenvalue weighted by Crippen LogP contribution is 2.36. The van der Waals surface area contributed by atoms with Crippen LogP contribution in [-0.4, -0.2) is 75.3 Å². The fourth-order valence-electron chi connectivity index (χ4n) is 4.00. The molecule has 0 aliphatic carbocycles. The minimum absolute atomic E-state index is 0. The third kappa shape index (κ3) is 8.08. The van der Waals surface area contributed by atoms with E-state index in [-0.39, 0.29) is 48.8 Å². The molecule has 1 fully saturated rings. The molecule has 35 heavy (non-hydrogen) atoms. The lowest BCUT2D eigenvalue weighted by Crippen LogP contribution is -2.51. The van der Waals surface area contributed by atoms with Crippen molar-refractivity contribution in [2.45, 2.75) is 26.3 Å². The van der Waals surface area contributed by atoms with Gasteiger partial charge in [-0.15, -0.1) is 37.2 Å². The molecule has 0 bridgehead atoms. The molecule has 1 aliphatic rings. The van der Waals surface area contributed by atoms with E-state index in [1.165, 1.54) is 0 Å². The van der Waals surface area contributed by atoms with Crippen molar-refractivity contribution in [1.82, 2.24) is 20.5 Å². The molecule has 1 aromatic heterocycles. The Kier molecular flexibility index (Phi) is 15.2. The summed E-state index contributed by atoms with van der Waals surface area (Å²) < 4.78 is 21.7. The van der Waals surface area contributed by atoms with Crippen LogP contribution in [0.1, 0.15) is 30.6 Å². The van der Waals surface area contributed by atoms with Crippen LogP contribution < -0.4 is 20.3 Å². The van der Waals surface area contributed by atoms with Gasteiger partial charge in [-0.3, -0.25) is 4.79 Å². The first kappa shape index (κ1) is 33.2. The molecule has 1 atom stereocenters. The van der Waals surface area contributed by atoms with Crippen LogP contribution in [0.3, 0.4) is 0 Å². The number of anilines is 1. The minimum atomic E-state index is -0.549. The van der Waals surface area contributed by atoms with Crippen molar-refractivity contribution in [3.63, 3.8) is 0 Å². The van der Waals surface area contributed by atoms with Gasteiger partial charge in [0.2, 0.25) is 5.88 Å². The Labute approximate surface area is 226 Å². The van der Waals surface area contributed by atoms with E-state index in [2.05, 4.69) is 27.4 Å². The number of pyridine rings is 1. The molecule has 2 heterocycles. The molecular formula is C24H37Cl3FN5O2. The Balaban J connectivity index is 0.00000385. The molecule has 2 N–H and O–H groups in total. The Morgan fingerprint density at radius 1 is 1.23 bits per heavy atom. The van der Waals surface area contributed by atoms with E-state index in [0.29, 0.717) is 48.9 Å². The number of rotatable bonds is 9. The van der Waals surface area contributed by atoms with Gasteiger partial charge in [0.15, 0.2) is 0 Å². The van der Waals surface area contributed by atoms with Gasteiger partial charge in [-0.2, -0.15) is 0 Å². The number of nitrogens with zero attached hydrogens (tertiary/aromatic N) is 3. The number of ether oxygens (including phenoxy) is 1. The van der Waals surface area contributed by atoms with Crippen molar-refractivity contribution in [2.24, 2.45) is 0 Å². The molecule has 1 amide bonds. The van der Waals surface area contributed by atoms with Gasteiger partial charge in [-0.25, -0.2) is 9.37 Å². The van der Waals surface area contributed by atoms with Crippen molar-refractivity contribution in [3.05, 3.63) is 41.8 Å². The summed E-state index contributed by atoms with van der Waals surface area (Å²) in [5.74, 6) is -0.599. The second kappa shape index (κ2) is 16.0. The number of carbonyl (C=O) groups excluding carboxylic acids is 1. The molecule has 0 spiro atoms. The van der Waals surface area contributed by atoms with Crippen LogP contribution in [0, 0.1) is 5.82 Å². The third-order valence-corrected chi connectivity index (χ3v) is 5.66. The number of piperazine rings is 1. The standard InChI is InChI=1S/C24H34FN5O2.3ClH/c1-5-17-16-26-12-15-30(17)20-10-9-18(19-8-7-11-28-24(19)32-6-2)22(25)21(20)23(31)27-13-14-29(3)4;;;/h7-11,17,26H,5-6,12-16H2,1-4H3,(H,27,31);3*1H/t17-;;;/m1.../s1. The number of aromatic nitrogens is 1. The number of amides is 1. The SMILES string of the molecule is CCOc1ncccc1-c1ccc(N2CCNC[C@H]2CC)c(C(=O)NCCN(C)C)c1F.Cl.Cl.Cl. The number of hydrogen-bond donors (Lipinski definition) is 2. The molecule has 7 nitrogen and oxygen atoms in total. The maximum atomic E-state index is 16.1. The zero-order chi connectivity index (χ0) is 23.1. The van der Waals surface area contributed by atoms with Crippen molar-refractivity contribution < 1.29 is 13.9 Å². The lowest BCUT2D eigenvalue weighted by atomic mass is 9.98. The average molecular weight is 553 g/mol. The molecule has 1 aromatic carbocycles. The second-order valence-electron chi connectivity index (χ2n) is 8.13. The monoisotopic (exact) mass is 551 g/mol. The van der Waals surface area contributed by atoms with Gasteiger partial charge in [0, 0.05) is 56.1 Å². The highest BCUT2D eigenvalue weighted by Gasteiger charge is 2.29. The molecule has 0 radical (unpaired) electrons. The highest BCUT2D eigenvalue weighted by atomic mass is 35.5. The quantitative estimate of drug-likeness (QED) is 0.490. The predicted molar refractivity (Wildman–Crippen MR) is 148 cm³/mol. The first-order chi connectivity index (χ1) is 15.5. The lowest BCUT2D eigenvalue weighted by molar-refractivity contribution is 0.0947. The zero-order valence-corrected chi connectivity index (χ0v) is 23.1. The van der Waals surface area contributed by atoms with Crippen LogP contribution in [0.25, 0.3) is 11.1 Å². The van der Waals surface area contributed by atoms with Crippen molar-refractivity contribution in [2.75, 3.05) is 58.3 Å². The van der Waals surface area contributed by atoms with E-state index in [4.69, 9.17) is 4.74 Å². The van der Waals surface area contributed by atoms with Gasteiger partial charge in [-0.1, -0.05) is 6.92 Å². The number of carbonyl (C=O) groups is 1. The normalized spacial score (nSPS) is 14.9. The fourth-order valence-corrected chi connectivity index (χ4v) is 4.00. The van der Waals surface area contributed by atoms with E-state index < -0.39 is 11.7 Å². The molecular weight excluding hydrogens is 516 g/mol. The molecule has 3 rings (SSSR count). The van der Waals surface area contributed by atoms with Crippen molar-refractivity contribution in [1.29, 1.82) is 0 Å². The van der Waals surface area contributed by atoms with Gasteiger partial charge in [0.1, 0.15) is 5.82 Å². The Morgan fingerprint density at radius 3 is 2.63 bits per heavy atom. The number of benzene rings is 1. The van der Waals surface area contributed by atoms with Crippen molar-refractivity contribution in [3.8, 4) is 17.0 Å². The smallest absolute Gasteiger partial charge is 0.256 e. The first-order valence-corrected chi connectivity index (χ1v) is 11.3. The molecule has 11 heteroatoms. The number of nitrogens with one attached hydrogen (secondary N) is 2. The van der Waals surface area contributed by atoms with E-state index in [0.717, 1.165) is 19.5 Å². The fraction of sp³-hybridized carbons (Fsp3) is 0.500. The number of likely N-dealkylation sites (N-methyl/N-ethyl adjacent to an activating group) is 1. The largest absolute Gasteiger partial charge is 0.478 e. The molecule has 0 saturated carbocycles. The maximum absolute atomic E-state index is 16.1. The van der Waals surface area contributed by atoms with Gasteiger partial charge < -0.3 is 25.2 Å². The van der Waals surface area contributed by atoms with Crippen molar-refractivity contribution >= 4 is 48.8 Å². The molecule has 0 unspecified atom stereocenters. The predicted octanol–water partition coefficient (Wildman–Crippen LogP) is 4.03. The first-order valence-electron chi connectivity index (χ1n) is 11.3. The summed E-state index contributed by atoms with van der Waals surface area (Å²) >= 11 is 0. The van der Waals surface area contributed by atoms with Crippen LogP contribution in [0.15, 0.2) is 30.5 Å². The van der Waals surface area contributed by atoms with Crippen LogP contribution in [0.5, 0.6) is 5.88 Å². The van der Waals surface area contributed by atoms with Gasteiger partial charge >= 0.3 is 0 Å². The average Bonchev–Trinajstić information content (AvgIpc) is 2.79. The Morgan fingerprint density at radius 2 is 1.97 bits per heavy atom. The highest BCUT2D eigenvalue weighted by molar-refractivity contribution is 6.01. The number of halogens is 4. The van der Waals surface area contributed by atoms with E-state index >= 15 is 4.39 Å². The summed E-state index contributed by atoms with van der Waals surface area (Å²) in [5.41, 5.74) is 1.55. The summed E-state index contributed by atoms with van der Waals surface area (Å²) in [4.78, 5) is 21.6. The summed E-state index contributed by atoms with van der Waals surface area (Å²) in [5, 5.41) is 6.28. The third-order valence-electron chi connectivity index (χ3n) is 5.66. The van der Waals surface area contributed by atoms with E-state index in [9.17, 15) is 4.79 Å². The minimum Gasteiger partial charge on any atom is -0.478 e. The van der Waals surface area contributed by atoms with Gasteiger partial charge in [0.05, 0.1) is 17.9 Å². The Bertz CT molecular complexity index is 936. The van der Waals surface area contributed by atoms with Gasteiger partial charge in [0.25, 0.3) is 5.91 Å². The summed E-state index contributed by atoms with van der Waals surface area (Å²) in [7, 11) is 3.87. The molecule has 198 valence electrons. The summed E-state index contributed by atoms with van der Waals surface area (Å²) in [6.07, 6.45) is 2.51. The topological polar surface area (TPSA) is 69.7 Å². The maximum Gasteiger partial charge on any atom is 0.256 e.